The van der Waals surface area contributed by atoms with E-state index in [9.17, 15) is 14.7 Å². The second-order valence-corrected chi connectivity index (χ2v) is 10.5. The van der Waals surface area contributed by atoms with Gasteiger partial charge in [-0.25, -0.2) is 9.18 Å². The second kappa shape index (κ2) is 7.79. The van der Waals surface area contributed by atoms with Crippen LogP contribution in [0.15, 0.2) is 12.1 Å². The molecular weight excluding hydrogens is 397 g/mol. The van der Waals surface area contributed by atoms with Crippen LogP contribution in [0.4, 0.5) is 4.39 Å². The molecule has 5 fully saturated rings. The molecule has 1 heterocycles. The van der Waals surface area contributed by atoms with E-state index in [1.165, 1.54) is 49.5 Å². The quantitative estimate of drug-likeness (QED) is 0.714. The first-order chi connectivity index (χ1) is 14.9. The average molecular weight is 430 g/mol. The van der Waals surface area contributed by atoms with Gasteiger partial charge < -0.3 is 14.7 Å². The first-order valence-electron chi connectivity index (χ1n) is 11.9. The van der Waals surface area contributed by atoms with Gasteiger partial charge in [0.2, 0.25) is 0 Å². The Hall–Kier alpha value is -2.11. The van der Waals surface area contributed by atoms with E-state index in [1.807, 2.05) is 6.92 Å². The number of ether oxygens (including phenoxy) is 1. The molecule has 31 heavy (non-hydrogen) atoms. The minimum absolute atomic E-state index is 0.0489. The SMILES string of the molecule is CCc1cc(C(=O)N2CCCC2C(=O)O)c(F)cc1OCC12CC3CC(CC(C3)C1)C2. The fourth-order valence-electron chi connectivity index (χ4n) is 7.29. The van der Waals surface area contributed by atoms with Crippen LogP contribution in [0, 0.1) is 29.0 Å². The molecule has 1 unspecified atom stereocenters. The highest BCUT2D eigenvalue weighted by Crippen LogP contribution is 2.60. The summed E-state index contributed by atoms with van der Waals surface area (Å²) in [7, 11) is 0. The number of halogens is 1. The van der Waals surface area contributed by atoms with Gasteiger partial charge >= 0.3 is 5.97 Å². The van der Waals surface area contributed by atoms with Gasteiger partial charge in [0.15, 0.2) is 0 Å². The summed E-state index contributed by atoms with van der Waals surface area (Å²) in [5.74, 6) is 0.837. The number of nitrogens with zero attached hydrogens (tertiary/aromatic N) is 1. The van der Waals surface area contributed by atoms with Crippen molar-refractivity contribution in [3.8, 4) is 5.75 Å². The molecule has 1 N–H and O–H groups in total. The topological polar surface area (TPSA) is 66.8 Å². The number of aliphatic carboxylic acids is 1. The van der Waals surface area contributed by atoms with Gasteiger partial charge in [-0.15, -0.1) is 0 Å². The lowest BCUT2D eigenvalue weighted by Crippen LogP contribution is -2.48. The molecule has 5 aliphatic rings. The van der Waals surface area contributed by atoms with E-state index in [0.717, 1.165) is 23.3 Å². The number of aryl methyl sites for hydroxylation is 1. The number of rotatable bonds is 6. The van der Waals surface area contributed by atoms with Crippen LogP contribution in [-0.4, -0.2) is 41.1 Å². The molecule has 6 rings (SSSR count). The summed E-state index contributed by atoms with van der Waals surface area (Å²) in [6, 6.07) is 2.05. The maximum absolute atomic E-state index is 15.0. The highest BCUT2D eigenvalue weighted by Gasteiger charge is 2.51. The molecule has 0 spiro atoms. The minimum Gasteiger partial charge on any atom is -0.493 e. The molecule has 1 aliphatic heterocycles. The van der Waals surface area contributed by atoms with Gasteiger partial charge in [-0.05, 0) is 87.2 Å². The molecule has 1 atom stereocenters. The predicted molar refractivity (Wildman–Crippen MR) is 114 cm³/mol. The van der Waals surface area contributed by atoms with Crippen LogP contribution in [0.3, 0.4) is 0 Å². The highest BCUT2D eigenvalue weighted by atomic mass is 19.1. The van der Waals surface area contributed by atoms with Gasteiger partial charge in [0, 0.05) is 18.0 Å². The van der Waals surface area contributed by atoms with Crippen LogP contribution in [0.1, 0.15) is 74.2 Å². The zero-order valence-corrected chi connectivity index (χ0v) is 18.2. The fourth-order valence-corrected chi connectivity index (χ4v) is 7.29. The molecule has 1 aromatic rings. The number of hydrogen-bond donors (Lipinski definition) is 1. The van der Waals surface area contributed by atoms with Crippen molar-refractivity contribution in [2.45, 2.75) is 70.8 Å². The lowest BCUT2D eigenvalue weighted by atomic mass is 9.50. The van der Waals surface area contributed by atoms with Crippen LogP contribution in [0.2, 0.25) is 0 Å². The number of carboxylic acids is 1. The Morgan fingerprint density at radius 1 is 1.16 bits per heavy atom. The third-order valence-electron chi connectivity index (χ3n) is 8.26. The van der Waals surface area contributed by atoms with Crippen molar-refractivity contribution in [1.82, 2.24) is 4.90 Å². The number of carbonyl (C=O) groups is 2. The first kappa shape index (κ1) is 20.8. The molecule has 4 saturated carbocycles. The summed E-state index contributed by atoms with van der Waals surface area (Å²) < 4.78 is 21.3. The number of likely N-dealkylation sites (tertiary alicyclic amines) is 1. The van der Waals surface area contributed by atoms with E-state index in [4.69, 9.17) is 4.74 Å². The Morgan fingerprint density at radius 2 is 1.81 bits per heavy atom. The number of amides is 1. The van der Waals surface area contributed by atoms with Crippen LogP contribution in [-0.2, 0) is 11.2 Å². The van der Waals surface area contributed by atoms with Gasteiger partial charge in [-0.2, -0.15) is 0 Å². The van der Waals surface area contributed by atoms with Gasteiger partial charge in [0.05, 0.1) is 12.2 Å². The summed E-state index contributed by atoms with van der Waals surface area (Å²) in [4.78, 5) is 25.7. The summed E-state index contributed by atoms with van der Waals surface area (Å²) in [5.41, 5.74) is 0.988. The second-order valence-electron chi connectivity index (χ2n) is 10.5. The van der Waals surface area contributed by atoms with Crippen LogP contribution in [0.25, 0.3) is 0 Å². The third-order valence-corrected chi connectivity index (χ3v) is 8.26. The lowest BCUT2D eigenvalue weighted by molar-refractivity contribution is -0.141. The van der Waals surface area contributed by atoms with Gasteiger partial charge in [-0.3, -0.25) is 4.79 Å². The van der Waals surface area contributed by atoms with Crippen molar-refractivity contribution in [3.63, 3.8) is 0 Å². The molecule has 1 saturated heterocycles. The van der Waals surface area contributed by atoms with Crippen LogP contribution >= 0.6 is 0 Å². The zero-order chi connectivity index (χ0) is 21.8. The third kappa shape index (κ3) is 3.72. The monoisotopic (exact) mass is 429 g/mol. The Labute approximate surface area is 182 Å². The zero-order valence-electron chi connectivity index (χ0n) is 18.2. The number of carbonyl (C=O) groups excluding carboxylic acids is 1. The first-order valence-corrected chi connectivity index (χ1v) is 11.9. The number of hydrogen-bond acceptors (Lipinski definition) is 3. The van der Waals surface area contributed by atoms with Crippen molar-refractivity contribution in [2.24, 2.45) is 23.2 Å². The predicted octanol–water partition coefficient (Wildman–Crippen LogP) is 4.67. The van der Waals surface area contributed by atoms with E-state index in [2.05, 4.69) is 0 Å². The standard InChI is InChI=1S/C25H32FNO4/c1-2-18-9-19(23(28)27-5-3-4-21(27)24(29)30)20(26)10-22(18)31-14-25-11-15-6-16(12-25)8-17(7-15)13-25/h9-10,15-17,21H,2-8,11-14H2,1H3,(H,29,30). The van der Waals surface area contributed by atoms with E-state index in [1.54, 1.807) is 6.07 Å². The molecule has 4 bridgehead atoms. The minimum atomic E-state index is -1.03. The molecule has 1 aromatic carbocycles. The van der Waals surface area contributed by atoms with E-state index in [-0.39, 0.29) is 11.0 Å². The Bertz CT molecular complexity index is 862. The van der Waals surface area contributed by atoms with E-state index >= 15 is 4.39 Å². The lowest BCUT2D eigenvalue weighted by Gasteiger charge is -2.56. The smallest absolute Gasteiger partial charge is 0.326 e. The van der Waals surface area contributed by atoms with Crippen molar-refractivity contribution in [1.29, 1.82) is 0 Å². The molecule has 0 radical (unpaired) electrons. The summed E-state index contributed by atoms with van der Waals surface area (Å²) in [6.45, 7) is 2.94. The summed E-state index contributed by atoms with van der Waals surface area (Å²) >= 11 is 0. The average Bonchev–Trinajstić information content (AvgIpc) is 3.21. The van der Waals surface area contributed by atoms with Gasteiger partial charge in [0.25, 0.3) is 5.91 Å². The van der Waals surface area contributed by atoms with Gasteiger partial charge in [-0.1, -0.05) is 6.92 Å². The van der Waals surface area contributed by atoms with Gasteiger partial charge in [0.1, 0.15) is 17.6 Å². The maximum Gasteiger partial charge on any atom is 0.326 e. The molecule has 168 valence electrons. The normalized spacial score (nSPS) is 33.7. The summed E-state index contributed by atoms with van der Waals surface area (Å²) in [6.07, 6.45) is 9.46. The Kier molecular flexibility index (Phi) is 5.22. The Balaban J connectivity index is 1.34. The van der Waals surface area contributed by atoms with Crippen molar-refractivity contribution < 1.29 is 23.8 Å². The van der Waals surface area contributed by atoms with Crippen LogP contribution < -0.4 is 4.74 Å². The van der Waals surface area contributed by atoms with Crippen LogP contribution in [0.5, 0.6) is 5.75 Å². The van der Waals surface area contributed by atoms with Crippen molar-refractivity contribution in [2.75, 3.05) is 13.2 Å². The molecule has 0 aromatic heterocycles. The molecule has 4 aliphatic carbocycles. The Morgan fingerprint density at radius 3 is 2.39 bits per heavy atom. The number of benzene rings is 1. The summed E-state index contributed by atoms with van der Waals surface area (Å²) in [5, 5.41) is 9.37. The van der Waals surface area contributed by atoms with Crippen molar-refractivity contribution in [3.05, 3.63) is 29.1 Å². The highest BCUT2D eigenvalue weighted by molar-refractivity contribution is 5.97. The molecule has 5 nitrogen and oxygen atoms in total. The van der Waals surface area contributed by atoms with Crippen molar-refractivity contribution >= 4 is 11.9 Å². The fraction of sp³-hybridized carbons (Fsp3) is 0.680. The van der Waals surface area contributed by atoms with E-state index in [0.29, 0.717) is 38.2 Å². The molecular formula is C25H32FNO4. The number of carboxylic acid groups (broad SMARTS) is 1. The largest absolute Gasteiger partial charge is 0.493 e. The molecule has 1 amide bonds. The maximum atomic E-state index is 15.0. The molecule has 6 heteroatoms. The van der Waals surface area contributed by atoms with E-state index < -0.39 is 23.7 Å².